The molecule has 0 aliphatic rings. The Balaban J connectivity index is 4.50. The van der Waals surface area contributed by atoms with Crippen LogP contribution in [0.5, 0.6) is 0 Å². The summed E-state index contributed by atoms with van der Waals surface area (Å²) in [5.41, 5.74) is 5.07. The summed E-state index contributed by atoms with van der Waals surface area (Å²) in [5, 5.41) is 3.02. The van der Waals surface area contributed by atoms with Crippen molar-refractivity contribution in [2.75, 3.05) is 14.1 Å². The first-order chi connectivity index (χ1) is 11.5. The molecule has 6 nitrogen and oxygen atoms in total. The fraction of sp³-hybridized carbons (Fsp3) is 0.765. The highest BCUT2D eigenvalue weighted by Gasteiger charge is 2.25. The van der Waals surface area contributed by atoms with Crippen molar-refractivity contribution in [2.45, 2.75) is 60.3 Å². The summed E-state index contributed by atoms with van der Waals surface area (Å²) >= 11 is 10.7. The average Bonchev–Trinajstić information content (AvgIpc) is 2.52. The molecule has 25 heavy (non-hydrogen) atoms. The molecule has 0 aromatic heterocycles. The number of hydrogen-bond donors (Lipinski definition) is 2. The van der Waals surface area contributed by atoms with Crippen LogP contribution in [0.4, 0.5) is 0 Å². The van der Waals surface area contributed by atoms with E-state index >= 15 is 0 Å². The minimum atomic E-state index is -0.421. The van der Waals surface area contributed by atoms with Crippen molar-refractivity contribution in [2.24, 2.45) is 11.3 Å². The third-order valence-corrected chi connectivity index (χ3v) is 5.65. The molecule has 0 rings (SSSR count). The molecule has 0 aliphatic carbocycles. The van der Waals surface area contributed by atoms with Crippen LogP contribution in [0.15, 0.2) is 0 Å². The fourth-order valence-corrected chi connectivity index (χ4v) is 2.55. The molecule has 2 amide bonds. The molecule has 0 spiro atoms. The van der Waals surface area contributed by atoms with Gasteiger partial charge in [-0.1, -0.05) is 65.5 Å². The van der Waals surface area contributed by atoms with E-state index in [4.69, 9.17) is 24.4 Å². The Kier molecular flexibility index (Phi) is 10.1. The van der Waals surface area contributed by atoms with Gasteiger partial charge in [-0.05, 0) is 12.8 Å². The van der Waals surface area contributed by atoms with Crippen molar-refractivity contribution in [3.05, 3.63) is 0 Å². The Hall–Kier alpha value is -1.28. The van der Waals surface area contributed by atoms with E-state index in [2.05, 4.69) is 17.8 Å². The zero-order chi connectivity index (χ0) is 19.8. The van der Waals surface area contributed by atoms with Crippen LogP contribution in [0, 0.1) is 11.3 Å². The highest BCUT2D eigenvalue weighted by atomic mass is 32.1. The maximum Gasteiger partial charge on any atom is 0.248 e. The van der Waals surface area contributed by atoms with Crippen molar-refractivity contribution in [3.8, 4) is 0 Å². The number of amides is 2. The molecule has 1 unspecified atom stereocenters. The summed E-state index contributed by atoms with van der Waals surface area (Å²) in [6.07, 6.45) is 2.53. The second-order valence-corrected chi connectivity index (χ2v) is 7.74. The Labute approximate surface area is 162 Å². The molecule has 8 heteroatoms. The number of carbonyl (C=O) groups is 2. The molecule has 1 atom stereocenters. The first kappa shape index (κ1) is 23.7. The molecular weight excluding hydrogens is 356 g/mol. The first-order valence-corrected chi connectivity index (χ1v) is 9.42. The number of thiocarbonyl (C=S) groups is 2. The van der Waals surface area contributed by atoms with Crippen molar-refractivity contribution in [3.63, 3.8) is 0 Å². The van der Waals surface area contributed by atoms with Crippen LogP contribution in [0.1, 0.15) is 60.3 Å². The van der Waals surface area contributed by atoms with Gasteiger partial charge in [-0.2, -0.15) is 0 Å². The zero-order valence-electron chi connectivity index (χ0n) is 16.4. The van der Waals surface area contributed by atoms with Gasteiger partial charge in [0, 0.05) is 25.4 Å². The molecule has 0 aromatic carbocycles. The summed E-state index contributed by atoms with van der Waals surface area (Å²) in [6, 6.07) is 0. The number of carbonyl (C=O) groups excluding carboxylic acids is 2. The van der Waals surface area contributed by atoms with E-state index in [0.29, 0.717) is 9.98 Å². The van der Waals surface area contributed by atoms with Crippen molar-refractivity contribution in [1.82, 2.24) is 20.9 Å². The van der Waals surface area contributed by atoms with E-state index in [9.17, 15) is 9.59 Å². The second-order valence-electron chi connectivity index (χ2n) is 6.94. The first-order valence-electron chi connectivity index (χ1n) is 8.60. The topological polar surface area (TPSA) is 64.7 Å². The highest BCUT2D eigenvalue weighted by molar-refractivity contribution is 7.80. The number of rotatable bonds is 7. The van der Waals surface area contributed by atoms with Gasteiger partial charge in [0.05, 0.1) is 4.99 Å². The van der Waals surface area contributed by atoms with Gasteiger partial charge in [0.15, 0.2) is 0 Å². The van der Waals surface area contributed by atoms with Crippen molar-refractivity contribution < 1.29 is 9.59 Å². The molecule has 0 saturated heterocycles. The van der Waals surface area contributed by atoms with Crippen LogP contribution in [-0.2, 0) is 9.59 Å². The smallest absolute Gasteiger partial charge is 0.248 e. The maximum atomic E-state index is 12.0. The molecule has 0 saturated carbocycles. The van der Waals surface area contributed by atoms with E-state index in [-0.39, 0.29) is 17.8 Å². The Bertz CT molecular complexity index is 509. The zero-order valence-corrected chi connectivity index (χ0v) is 18.1. The highest BCUT2D eigenvalue weighted by Crippen LogP contribution is 2.23. The number of nitrogens with one attached hydrogen (secondary N) is 2. The van der Waals surface area contributed by atoms with Crippen LogP contribution in [0.2, 0.25) is 0 Å². The number of nitrogens with zero attached hydrogens (tertiary/aromatic N) is 2. The maximum absolute atomic E-state index is 12.0. The molecule has 0 radical (unpaired) electrons. The third kappa shape index (κ3) is 8.09. The van der Waals surface area contributed by atoms with Gasteiger partial charge < -0.3 is 0 Å². The van der Waals surface area contributed by atoms with Crippen molar-refractivity contribution in [1.29, 1.82) is 0 Å². The Morgan fingerprint density at radius 2 is 1.52 bits per heavy atom. The molecule has 0 heterocycles. The van der Waals surface area contributed by atoms with E-state index in [1.165, 1.54) is 10.0 Å². The minimum absolute atomic E-state index is 0.193. The second kappa shape index (κ2) is 10.7. The summed E-state index contributed by atoms with van der Waals surface area (Å²) in [5.74, 6) is -0.644. The lowest BCUT2D eigenvalue weighted by molar-refractivity contribution is -0.132. The van der Waals surface area contributed by atoms with Crippen LogP contribution >= 0.6 is 24.4 Å². The van der Waals surface area contributed by atoms with E-state index in [1.807, 2.05) is 27.7 Å². The van der Waals surface area contributed by atoms with Gasteiger partial charge in [0.1, 0.15) is 11.4 Å². The van der Waals surface area contributed by atoms with Crippen LogP contribution < -0.4 is 10.9 Å². The lowest BCUT2D eigenvalue weighted by atomic mass is 9.90. The van der Waals surface area contributed by atoms with Gasteiger partial charge in [0.2, 0.25) is 11.8 Å². The van der Waals surface area contributed by atoms with Gasteiger partial charge in [-0.25, -0.2) is 0 Å². The van der Waals surface area contributed by atoms with E-state index in [1.54, 1.807) is 14.1 Å². The molecular formula is C17H32N4O2S2. The van der Waals surface area contributed by atoms with Crippen LogP contribution in [0.3, 0.4) is 0 Å². The summed E-state index contributed by atoms with van der Waals surface area (Å²) in [7, 11) is 3.37. The van der Waals surface area contributed by atoms with Crippen LogP contribution in [-0.4, -0.2) is 45.9 Å². The lowest BCUT2D eigenvalue weighted by Crippen LogP contribution is -2.50. The quantitative estimate of drug-likeness (QED) is 0.397. The molecule has 0 fully saturated rings. The summed E-state index contributed by atoms with van der Waals surface area (Å²) in [4.78, 5) is 25.3. The molecule has 0 bridgehead atoms. The molecule has 2 N–H and O–H groups in total. The van der Waals surface area contributed by atoms with Gasteiger partial charge in [0.25, 0.3) is 0 Å². The SMILES string of the molecule is CCCC(C)C(=S)N(C)NC(=O)CC(=O)NN(C)C(=S)C(C)(C)CC. The summed E-state index contributed by atoms with van der Waals surface area (Å²) < 4.78 is 0. The summed E-state index contributed by atoms with van der Waals surface area (Å²) in [6.45, 7) is 10.2. The normalized spacial score (nSPS) is 12.1. The standard InChI is InChI=1S/C17H32N4O2S2/c1-8-10-12(3)15(24)20(6)18-13(22)11-14(23)19-21(7)16(25)17(4,5)9-2/h12H,8-11H2,1-7H3,(H,18,22)(H,19,23). The minimum Gasteiger partial charge on any atom is -0.282 e. The van der Waals surface area contributed by atoms with Gasteiger partial charge in [-0.15, -0.1) is 0 Å². The lowest BCUT2D eigenvalue weighted by Gasteiger charge is -2.31. The monoisotopic (exact) mass is 388 g/mol. The Morgan fingerprint density at radius 1 is 1.04 bits per heavy atom. The van der Waals surface area contributed by atoms with E-state index < -0.39 is 11.8 Å². The van der Waals surface area contributed by atoms with Gasteiger partial charge in [-0.3, -0.25) is 30.5 Å². The Morgan fingerprint density at radius 3 is 1.96 bits per heavy atom. The third-order valence-electron chi connectivity index (χ3n) is 4.15. The fourth-order valence-electron chi connectivity index (χ4n) is 2.20. The predicted molar refractivity (Wildman–Crippen MR) is 110 cm³/mol. The molecule has 0 aliphatic heterocycles. The van der Waals surface area contributed by atoms with Crippen molar-refractivity contribution >= 4 is 46.2 Å². The largest absolute Gasteiger partial charge is 0.282 e. The molecule has 144 valence electrons. The molecule has 0 aromatic rings. The predicted octanol–water partition coefficient (Wildman–Crippen LogP) is 2.83. The van der Waals surface area contributed by atoms with E-state index in [0.717, 1.165) is 19.3 Å². The number of hydrazine groups is 2. The average molecular weight is 389 g/mol. The number of hydrogen-bond acceptors (Lipinski definition) is 4. The van der Waals surface area contributed by atoms with Gasteiger partial charge >= 0.3 is 0 Å². The van der Waals surface area contributed by atoms with Crippen LogP contribution in [0.25, 0.3) is 0 Å².